The zero-order valence-corrected chi connectivity index (χ0v) is 24.8. The molecule has 0 aliphatic rings. The van der Waals surface area contributed by atoms with E-state index in [-0.39, 0.29) is 12.2 Å². The van der Waals surface area contributed by atoms with Crippen LogP contribution in [0, 0.1) is 0 Å². The van der Waals surface area contributed by atoms with Gasteiger partial charge in [0.1, 0.15) is 35.2 Å². The van der Waals surface area contributed by atoms with E-state index >= 15 is 0 Å². The van der Waals surface area contributed by atoms with Crippen molar-refractivity contribution in [1.82, 2.24) is 10.6 Å². The Bertz CT molecular complexity index is 1150. The Morgan fingerprint density at radius 3 is 1.19 bits per heavy atom. The van der Waals surface area contributed by atoms with Crippen molar-refractivity contribution in [3.05, 3.63) is 120 Å². The summed E-state index contributed by atoms with van der Waals surface area (Å²) in [6.07, 6.45) is 3.61. The standard InChI is InChI=1S/C36H44N2O4/c1-37-25-23-35(29-11-5-3-6-12-29)41-33-19-15-31(16-20-33)39-27-9-10-28-40-32-17-21-34(22-18-32)42-36(24-26-38-2)30-13-7-4-8-14-30/h3-8,11-22,35-38H,9-10,23-28H2,1-2H3/t35-,36-/m1/s1. The molecule has 0 spiro atoms. The molecule has 2 N–H and O–H groups in total. The molecule has 0 bridgehead atoms. The van der Waals surface area contributed by atoms with Gasteiger partial charge in [0.05, 0.1) is 13.2 Å². The van der Waals surface area contributed by atoms with Crippen molar-refractivity contribution in [3.63, 3.8) is 0 Å². The predicted octanol–water partition coefficient (Wildman–Crippen LogP) is 7.38. The van der Waals surface area contributed by atoms with Crippen LogP contribution in [0.2, 0.25) is 0 Å². The molecule has 0 aliphatic carbocycles. The summed E-state index contributed by atoms with van der Waals surface area (Å²) >= 11 is 0. The van der Waals surface area contributed by atoms with E-state index in [2.05, 4.69) is 34.9 Å². The van der Waals surface area contributed by atoms with Crippen LogP contribution in [0.5, 0.6) is 23.0 Å². The number of hydrogen-bond acceptors (Lipinski definition) is 6. The number of benzene rings is 4. The molecule has 0 fully saturated rings. The maximum atomic E-state index is 6.30. The minimum Gasteiger partial charge on any atom is -0.494 e. The lowest BCUT2D eigenvalue weighted by Gasteiger charge is -2.20. The van der Waals surface area contributed by atoms with Crippen molar-refractivity contribution in [2.24, 2.45) is 0 Å². The average molecular weight is 569 g/mol. The highest BCUT2D eigenvalue weighted by atomic mass is 16.5. The molecule has 6 nitrogen and oxygen atoms in total. The fourth-order valence-corrected chi connectivity index (χ4v) is 4.62. The number of rotatable bonds is 19. The topological polar surface area (TPSA) is 61.0 Å². The van der Waals surface area contributed by atoms with Gasteiger partial charge in [-0.25, -0.2) is 0 Å². The van der Waals surface area contributed by atoms with Gasteiger partial charge in [0.15, 0.2) is 0 Å². The van der Waals surface area contributed by atoms with Gasteiger partial charge in [-0.1, -0.05) is 60.7 Å². The maximum absolute atomic E-state index is 6.30. The summed E-state index contributed by atoms with van der Waals surface area (Å²) in [6.45, 7) is 3.05. The molecule has 0 radical (unpaired) electrons. The quantitative estimate of drug-likeness (QED) is 0.115. The summed E-state index contributed by atoms with van der Waals surface area (Å²) in [5.74, 6) is 3.36. The smallest absolute Gasteiger partial charge is 0.125 e. The Hall–Kier alpha value is -4.00. The normalized spacial score (nSPS) is 12.3. The zero-order valence-electron chi connectivity index (χ0n) is 24.8. The second-order valence-corrected chi connectivity index (χ2v) is 10.2. The number of hydrogen-bond donors (Lipinski definition) is 2. The van der Waals surface area contributed by atoms with Crippen LogP contribution in [0.3, 0.4) is 0 Å². The molecule has 0 saturated carbocycles. The Morgan fingerprint density at radius 1 is 0.476 bits per heavy atom. The lowest BCUT2D eigenvalue weighted by molar-refractivity contribution is 0.194. The summed E-state index contributed by atoms with van der Waals surface area (Å²) in [5.41, 5.74) is 2.35. The Kier molecular flexibility index (Phi) is 13.1. The SMILES string of the molecule is CNCC[C@@H](Oc1ccc(OCCCCOc2ccc(O[C@H](CCNC)c3ccccc3)cc2)cc1)c1ccccc1. The Balaban J connectivity index is 1.15. The van der Waals surface area contributed by atoms with Crippen LogP contribution in [0.4, 0.5) is 0 Å². The largest absolute Gasteiger partial charge is 0.494 e. The van der Waals surface area contributed by atoms with E-state index in [4.69, 9.17) is 18.9 Å². The van der Waals surface area contributed by atoms with Gasteiger partial charge >= 0.3 is 0 Å². The first-order valence-corrected chi connectivity index (χ1v) is 14.9. The molecule has 0 saturated heterocycles. The van der Waals surface area contributed by atoms with Crippen LogP contribution in [0.25, 0.3) is 0 Å². The number of nitrogens with one attached hydrogen (secondary N) is 2. The van der Waals surface area contributed by atoms with Crippen LogP contribution in [-0.2, 0) is 0 Å². The lowest BCUT2D eigenvalue weighted by Crippen LogP contribution is -2.16. The molecule has 6 heteroatoms. The second-order valence-electron chi connectivity index (χ2n) is 10.2. The minimum absolute atomic E-state index is 0.00342. The first-order valence-electron chi connectivity index (χ1n) is 14.9. The van der Waals surface area contributed by atoms with E-state index < -0.39 is 0 Å². The van der Waals surface area contributed by atoms with Gasteiger partial charge in [-0.3, -0.25) is 0 Å². The fourth-order valence-electron chi connectivity index (χ4n) is 4.62. The molecule has 4 aromatic carbocycles. The summed E-state index contributed by atoms with van der Waals surface area (Å²) in [4.78, 5) is 0. The predicted molar refractivity (Wildman–Crippen MR) is 170 cm³/mol. The molecular weight excluding hydrogens is 524 g/mol. The van der Waals surface area contributed by atoms with E-state index in [9.17, 15) is 0 Å². The number of unbranched alkanes of at least 4 members (excludes halogenated alkanes) is 1. The average Bonchev–Trinajstić information content (AvgIpc) is 3.05. The first-order chi connectivity index (χ1) is 20.7. The summed E-state index contributed by atoms with van der Waals surface area (Å²) in [7, 11) is 3.92. The van der Waals surface area contributed by atoms with Gasteiger partial charge in [-0.2, -0.15) is 0 Å². The third-order valence-corrected chi connectivity index (χ3v) is 6.94. The van der Waals surface area contributed by atoms with Gasteiger partial charge < -0.3 is 29.6 Å². The third-order valence-electron chi connectivity index (χ3n) is 6.94. The van der Waals surface area contributed by atoms with Gasteiger partial charge in [0.2, 0.25) is 0 Å². The molecule has 222 valence electrons. The summed E-state index contributed by atoms with van der Waals surface area (Å²) in [5, 5.41) is 6.43. The molecule has 0 unspecified atom stereocenters. The molecule has 4 aromatic rings. The molecule has 0 amide bonds. The van der Waals surface area contributed by atoms with E-state index in [1.807, 2.05) is 99.0 Å². The van der Waals surface area contributed by atoms with E-state index in [1.54, 1.807) is 0 Å². The maximum Gasteiger partial charge on any atom is 0.125 e. The van der Waals surface area contributed by atoms with Crippen molar-refractivity contribution in [2.75, 3.05) is 40.4 Å². The second kappa shape index (κ2) is 17.7. The molecule has 0 heterocycles. The fraction of sp³-hybridized carbons (Fsp3) is 0.333. The number of ether oxygens (including phenoxy) is 4. The first kappa shape index (κ1) is 30.9. The molecular formula is C36H44N2O4. The van der Waals surface area contributed by atoms with Crippen LogP contribution in [0.15, 0.2) is 109 Å². The van der Waals surface area contributed by atoms with Gasteiger partial charge in [0.25, 0.3) is 0 Å². The van der Waals surface area contributed by atoms with Crippen molar-refractivity contribution in [2.45, 2.75) is 37.9 Å². The van der Waals surface area contributed by atoms with Crippen molar-refractivity contribution in [1.29, 1.82) is 0 Å². The monoisotopic (exact) mass is 568 g/mol. The summed E-state index contributed by atoms with van der Waals surface area (Å²) < 4.78 is 24.5. The summed E-state index contributed by atoms with van der Waals surface area (Å²) in [6, 6.07) is 36.5. The van der Waals surface area contributed by atoms with Gasteiger partial charge in [-0.15, -0.1) is 0 Å². The Labute approximate surface area is 251 Å². The van der Waals surface area contributed by atoms with Crippen molar-refractivity contribution in [3.8, 4) is 23.0 Å². The lowest BCUT2D eigenvalue weighted by atomic mass is 10.1. The van der Waals surface area contributed by atoms with Crippen molar-refractivity contribution < 1.29 is 18.9 Å². The van der Waals surface area contributed by atoms with Crippen molar-refractivity contribution >= 4 is 0 Å². The molecule has 0 aromatic heterocycles. The van der Waals surface area contributed by atoms with Crippen LogP contribution >= 0.6 is 0 Å². The zero-order chi connectivity index (χ0) is 29.2. The van der Waals surface area contributed by atoms with E-state index in [1.165, 1.54) is 11.1 Å². The molecule has 2 atom stereocenters. The Morgan fingerprint density at radius 2 is 0.833 bits per heavy atom. The molecule has 42 heavy (non-hydrogen) atoms. The molecule has 4 rings (SSSR count). The van der Waals surface area contributed by atoms with E-state index in [0.717, 1.165) is 61.8 Å². The molecule has 0 aliphatic heterocycles. The van der Waals surface area contributed by atoms with Gasteiger partial charge in [-0.05, 0) is 99.7 Å². The van der Waals surface area contributed by atoms with Gasteiger partial charge in [0, 0.05) is 12.8 Å². The minimum atomic E-state index is 0.00342. The highest BCUT2D eigenvalue weighted by Crippen LogP contribution is 2.28. The van der Waals surface area contributed by atoms with Crippen LogP contribution in [-0.4, -0.2) is 40.4 Å². The highest BCUT2D eigenvalue weighted by Gasteiger charge is 2.14. The third kappa shape index (κ3) is 10.4. The highest BCUT2D eigenvalue weighted by molar-refractivity contribution is 5.33. The van der Waals surface area contributed by atoms with Crippen LogP contribution < -0.4 is 29.6 Å². The van der Waals surface area contributed by atoms with E-state index in [0.29, 0.717) is 13.2 Å². The van der Waals surface area contributed by atoms with Crippen LogP contribution in [0.1, 0.15) is 49.0 Å².